The second-order valence-corrected chi connectivity index (χ2v) is 3.73. The zero-order valence-corrected chi connectivity index (χ0v) is 8.79. The summed E-state index contributed by atoms with van der Waals surface area (Å²) in [5.74, 6) is 0.758. The summed E-state index contributed by atoms with van der Waals surface area (Å²) < 4.78 is 11.2. The smallest absolute Gasteiger partial charge is 0.209 e. The van der Waals surface area contributed by atoms with Gasteiger partial charge in [-0.15, -0.1) is 0 Å². The lowest BCUT2D eigenvalue weighted by molar-refractivity contribution is 0.0304. The number of nitrogens with zero attached hydrogens (tertiary/aromatic N) is 2. The molecule has 1 aromatic rings. The van der Waals surface area contributed by atoms with Crippen LogP contribution in [0.3, 0.4) is 0 Å². The second-order valence-electron chi connectivity index (χ2n) is 2.95. The number of halogens is 1. The van der Waals surface area contributed by atoms with Gasteiger partial charge >= 0.3 is 0 Å². The van der Waals surface area contributed by atoms with E-state index in [0.717, 1.165) is 38.7 Å². The second kappa shape index (κ2) is 4.21. The fourth-order valence-electron chi connectivity index (χ4n) is 1.31. The van der Waals surface area contributed by atoms with Gasteiger partial charge in [0.05, 0.1) is 26.0 Å². The van der Waals surface area contributed by atoms with Crippen molar-refractivity contribution in [1.82, 2.24) is 9.88 Å². The first-order chi connectivity index (χ1) is 6.34. The normalized spacial score (nSPS) is 19.2. The van der Waals surface area contributed by atoms with Gasteiger partial charge in [-0.1, -0.05) is 0 Å². The van der Waals surface area contributed by atoms with Crippen LogP contribution in [-0.4, -0.2) is 36.2 Å². The van der Waals surface area contributed by atoms with Crippen LogP contribution < -0.4 is 0 Å². The number of hydrogen-bond acceptors (Lipinski definition) is 4. The van der Waals surface area contributed by atoms with Crippen molar-refractivity contribution in [3.8, 4) is 0 Å². The first-order valence-corrected chi connectivity index (χ1v) is 5.04. The van der Waals surface area contributed by atoms with Crippen LogP contribution in [0.1, 0.15) is 5.89 Å². The van der Waals surface area contributed by atoms with Crippen LogP contribution in [0.5, 0.6) is 0 Å². The van der Waals surface area contributed by atoms with Crippen molar-refractivity contribution < 1.29 is 9.15 Å². The molecule has 0 aliphatic carbocycles. The SMILES string of the molecule is Brc1cnc(CN2CCOCC2)o1. The highest BCUT2D eigenvalue weighted by atomic mass is 79.9. The minimum Gasteiger partial charge on any atom is -0.433 e. The molecule has 1 fully saturated rings. The molecule has 4 nitrogen and oxygen atoms in total. The maximum atomic E-state index is 5.31. The number of aromatic nitrogens is 1. The summed E-state index contributed by atoms with van der Waals surface area (Å²) in [6.07, 6.45) is 1.68. The Labute approximate surface area is 85.0 Å². The van der Waals surface area contributed by atoms with Gasteiger partial charge in [0.1, 0.15) is 0 Å². The van der Waals surface area contributed by atoms with E-state index in [1.54, 1.807) is 6.20 Å². The zero-order chi connectivity index (χ0) is 9.10. The fourth-order valence-corrected chi connectivity index (χ4v) is 1.60. The van der Waals surface area contributed by atoms with Crippen molar-refractivity contribution in [2.24, 2.45) is 0 Å². The Balaban J connectivity index is 1.89. The molecule has 0 saturated carbocycles. The lowest BCUT2D eigenvalue weighted by Crippen LogP contribution is -2.35. The van der Waals surface area contributed by atoms with E-state index < -0.39 is 0 Å². The summed E-state index contributed by atoms with van der Waals surface area (Å²) in [5.41, 5.74) is 0. The highest BCUT2D eigenvalue weighted by Gasteiger charge is 2.13. The minimum absolute atomic E-state index is 0.691. The van der Waals surface area contributed by atoms with Crippen LogP contribution in [0.4, 0.5) is 0 Å². The molecule has 0 amide bonds. The average Bonchev–Trinajstić information content (AvgIpc) is 2.53. The Morgan fingerprint density at radius 3 is 2.85 bits per heavy atom. The monoisotopic (exact) mass is 246 g/mol. The molecule has 0 radical (unpaired) electrons. The van der Waals surface area contributed by atoms with Crippen LogP contribution in [0, 0.1) is 0 Å². The Bertz CT molecular complexity index is 271. The van der Waals surface area contributed by atoms with E-state index in [4.69, 9.17) is 9.15 Å². The van der Waals surface area contributed by atoms with Gasteiger partial charge in [0, 0.05) is 13.1 Å². The lowest BCUT2D eigenvalue weighted by atomic mass is 10.4. The third-order valence-electron chi connectivity index (χ3n) is 1.99. The molecular weight excluding hydrogens is 236 g/mol. The summed E-state index contributed by atoms with van der Waals surface area (Å²) >= 11 is 3.22. The molecule has 72 valence electrons. The Kier molecular flexibility index (Phi) is 2.97. The van der Waals surface area contributed by atoms with Gasteiger partial charge in [-0.2, -0.15) is 0 Å². The van der Waals surface area contributed by atoms with Crippen LogP contribution >= 0.6 is 15.9 Å². The first-order valence-electron chi connectivity index (χ1n) is 4.25. The van der Waals surface area contributed by atoms with Crippen LogP contribution in [-0.2, 0) is 11.3 Å². The molecule has 0 aromatic carbocycles. The highest BCUT2D eigenvalue weighted by Crippen LogP contribution is 2.12. The van der Waals surface area contributed by atoms with Gasteiger partial charge in [-0.05, 0) is 15.9 Å². The van der Waals surface area contributed by atoms with Gasteiger partial charge in [-0.25, -0.2) is 4.98 Å². The molecule has 1 aliphatic rings. The molecule has 0 spiro atoms. The third-order valence-corrected chi connectivity index (χ3v) is 2.35. The van der Waals surface area contributed by atoms with Crippen molar-refractivity contribution >= 4 is 15.9 Å². The van der Waals surface area contributed by atoms with Gasteiger partial charge in [0.2, 0.25) is 5.89 Å². The van der Waals surface area contributed by atoms with E-state index in [0.29, 0.717) is 4.67 Å². The number of oxazole rings is 1. The largest absolute Gasteiger partial charge is 0.433 e. The minimum atomic E-state index is 0.691. The summed E-state index contributed by atoms with van der Waals surface area (Å²) in [7, 11) is 0. The van der Waals surface area contributed by atoms with Crippen LogP contribution in [0.15, 0.2) is 15.3 Å². The lowest BCUT2D eigenvalue weighted by Gasteiger charge is -2.24. The molecule has 13 heavy (non-hydrogen) atoms. The maximum Gasteiger partial charge on any atom is 0.209 e. The maximum absolute atomic E-state index is 5.31. The molecule has 2 heterocycles. The predicted molar refractivity (Wildman–Crippen MR) is 50.3 cm³/mol. The summed E-state index contributed by atoms with van der Waals surface area (Å²) in [6.45, 7) is 4.30. The van der Waals surface area contributed by atoms with Crippen molar-refractivity contribution in [3.63, 3.8) is 0 Å². The summed E-state index contributed by atoms with van der Waals surface area (Å²) in [6, 6.07) is 0. The molecule has 2 rings (SSSR count). The van der Waals surface area contributed by atoms with E-state index in [1.807, 2.05) is 0 Å². The average molecular weight is 247 g/mol. The van der Waals surface area contributed by atoms with Crippen molar-refractivity contribution in [2.75, 3.05) is 26.3 Å². The molecule has 0 unspecified atom stereocenters. The highest BCUT2D eigenvalue weighted by molar-refractivity contribution is 9.10. The number of ether oxygens (including phenoxy) is 1. The molecule has 1 aromatic heterocycles. The van der Waals surface area contributed by atoms with Gasteiger partial charge < -0.3 is 9.15 Å². The first kappa shape index (κ1) is 9.18. The van der Waals surface area contributed by atoms with E-state index in [2.05, 4.69) is 25.8 Å². The Morgan fingerprint density at radius 2 is 2.23 bits per heavy atom. The van der Waals surface area contributed by atoms with Crippen LogP contribution in [0.25, 0.3) is 0 Å². The predicted octanol–water partition coefficient (Wildman–Crippen LogP) is 1.27. The van der Waals surface area contributed by atoms with Crippen LogP contribution in [0.2, 0.25) is 0 Å². The zero-order valence-electron chi connectivity index (χ0n) is 7.20. The summed E-state index contributed by atoms with van der Waals surface area (Å²) in [5, 5.41) is 0. The standard InChI is InChI=1S/C8H11BrN2O2/c9-7-5-10-8(13-7)6-11-1-3-12-4-2-11/h5H,1-4,6H2. The number of hydrogen-bond donors (Lipinski definition) is 0. The third kappa shape index (κ3) is 2.52. The molecule has 0 atom stereocenters. The van der Waals surface area contributed by atoms with E-state index in [9.17, 15) is 0 Å². The topological polar surface area (TPSA) is 38.5 Å². The van der Waals surface area contributed by atoms with E-state index in [1.165, 1.54) is 0 Å². The quantitative estimate of drug-likeness (QED) is 0.788. The van der Waals surface area contributed by atoms with Gasteiger partial charge in [0.25, 0.3) is 0 Å². The summed E-state index contributed by atoms with van der Waals surface area (Å²) in [4.78, 5) is 6.38. The molecular formula is C8H11BrN2O2. The molecule has 0 bridgehead atoms. The fraction of sp³-hybridized carbons (Fsp3) is 0.625. The number of rotatable bonds is 2. The van der Waals surface area contributed by atoms with E-state index in [-0.39, 0.29) is 0 Å². The van der Waals surface area contributed by atoms with Gasteiger partial charge in [0.15, 0.2) is 4.67 Å². The van der Waals surface area contributed by atoms with Crippen molar-refractivity contribution in [3.05, 3.63) is 16.8 Å². The van der Waals surface area contributed by atoms with E-state index >= 15 is 0 Å². The Morgan fingerprint density at radius 1 is 1.46 bits per heavy atom. The van der Waals surface area contributed by atoms with Gasteiger partial charge in [-0.3, -0.25) is 4.90 Å². The van der Waals surface area contributed by atoms with Crippen molar-refractivity contribution in [1.29, 1.82) is 0 Å². The van der Waals surface area contributed by atoms with Crippen molar-refractivity contribution in [2.45, 2.75) is 6.54 Å². The molecule has 1 saturated heterocycles. The molecule has 5 heteroatoms. The number of morpholine rings is 1. The molecule has 0 N–H and O–H groups in total. The Hall–Kier alpha value is -0.390. The molecule has 1 aliphatic heterocycles.